The molecule has 1 fully saturated rings. The third-order valence-electron chi connectivity index (χ3n) is 7.45. The van der Waals surface area contributed by atoms with E-state index in [0.717, 1.165) is 34.0 Å². The van der Waals surface area contributed by atoms with Gasteiger partial charge in [-0.05, 0) is 93.5 Å². The summed E-state index contributed by atoms with van der Waals surface area (Å²) in [5.41, 5.74) is 8.42. The molecule has 1 aliphatic rings. The molecule has 2 N–H and O–H groups in total. The molecule has 8 heteroatoms. The van der Waals surface area contributed by atoms with Gasteiger partial charge in [-0.25, -0.2) is 0 Å². The number of benzene rings is 2. The number of rotatable bonds is 7. The predicted octanol–water partition coefficient (Wildman–Crippen LogP) is 6.76. The van der Waals surface area contributed by atoms with Crippen molar-refractivity contribution in [3.63, 3.8) is 0 Å². The quantitative estimate of drug-likeness (QED) is 0.246. The van der Waals surface area contributed by atoms with Gasteiger partial charge in [0.25, 0.3) is 0 Å². The third kappa shape index (κ3) is 5.42. The molecule has 2 aromatic heterocycles. The summed E-state index contributed by atoms with van der Waals surface area (Å²) in [6, 6.07) is 21.3. The standard InChI is InChI=1S/C31H32ClN5OS/c1-19-9-7-11-24(17-19)34-27(38)14-16-36-30(29(35-31(36)39)26-13-5-6-15-33-26)28-20(2)21(3)37(22(28)4)25-12-8-10-23(32)18-25/h5-13,15,17-18,29-30H,14,16H2,1-4H3,(H,34,38)(H,35,39)/t29-,30-/m0/s1. The van der Waals surface area contributed by atoms with Crippen molar-refractivity contribution in [2.75, 3.05) is 11.9 Å². The van der Waals surface area contributed by atoms with Crippen LogP contribution >= 0.6 is 23.8 Å². The molecule has 0 unspecified atom stereocenters. The van der Waals surface area contributed by atoms with E-state index in [0.29, 0.717) is 23.1 Å². The first kappa shape index (κ1) is 26.9. The number of amides is 1. The van der Waals surface area contributed by atoms with Crippen LogP contribution in [0.4, 0.5) is 5.69 Å². The molecule has 4 aromatic rings. The minimum atomic E-state index is -0.162. The molecule has 39 heavy (non-hydrogen) atoms. The Labute approximate surface area is 240 Å². The van der Waals surface area contributed by atoms with Crippen molar-refractivity contribution < 1.29 is 4.79 Å². The van der Waals surface area contributed by atoms with Gasteiger partial charge >= 0.3 is 0 Å². The first-order chi connectivity index (χ1) is 18.7. The molecule has 5 rings (SSSR count). The summed E-state index contributed by atoms with van der Waals surface area (Å²) in [7, 11) is 0. The van der Waals surface area contributed by atoms with Crippen LogP contribution in [-0.2, 0) is 4.79 Å². The van der Waals surface area contributed by atoms with Gasteiger partial charge in [0.05, 0.1) is 17.8 Å². The summed E-state index contributed by atoms with van der Waals surface area (Å²) < 4.78 is 2.25. The normalized spacial score (nSPS) is 16.8. The van der Waals surface area contributed by atoms with Gasteiger partial charge in [-0.15, -0.1) is 0 Å². The van der Waals surface area contributed by atoms with E-state index in [1.54, 1.807) is 6.20 Å². The van der Waals surface area contributed by atoms with Crippen LogP contribution in [0.5, 0.6) is 0 Å². The number of anilines is 1. The Hall–Kier alpha value is -3.68. The molecule has 0 spiro atoms. The highest BCUT2D eigenvalue weighted by Crippen LogP contribution is 2.43. The van der Waals surface area contributed by atoms with Gasteiger partial charge in [0.1, 0.15) is 0 Å². The van der Waals surface area contributed by atoms with Crippen LogP contribution in [-0.4, -0.2) is 32.0 Å². The lowest BCUT2D eigenvalue weighted by atomic mass is 9.93. The SMILES string of the molecule is Cc1cccc(NC(=O)CCN2C(=S)N[C@@H](c3ccccn3)[C@@H]2c2c(C)c(C)n(-c3cccc(Cl)c3)c2C)c1. The van der Waals surface area contributed by atoms with Crippen molar-refractivity contribution in [1.82, 2.24) is 19.8 Å². The topological polar surface area (TPSA) is 62.2 Å². The van der Waals surface area contributed by atoms with Crippen LogP contribution in [0.1, 0.15) is 52.3 Å². The molecular formula is C31H32ClN5OS. The van der Waals surface area contributed by atoms with Crippen LogP contribution in [0.15, 0.2) is 72.9 Å². The highest BCUT2D eigenvalue weighted by atomic mass is 35.5. The molecule has 2 aromatic carbocycles. The second kappa shape index (κ2) is 11.2. The number of thiocarbonyl (C=S) groups is 1. The van der Waals surface area contributed by atoms with Crippen molar-refractivity contribution >= 4 is 40.5 Å². The maximum Gasteiger partial charge on any atom is 0.226 e. The number of nitrogens with one attached hydrogen (secondary N) is 2. The Kier molecular flexibility index (Phi) is 7.73. The van der Waals surface area contributed by atoms with Crippen molar-refractivity contribution in [2.24, 2.45) is 0 Å². The molecule has 0 aliphatic carbocycles. The number of aryl methyl sites for hydroxylation is 1. The number of hydrogen-bond donors (Lipinski definition) is 2. The van der Waals surface area contributed by atoms with E-state index in [1.807, 2.05) is 67.6 Å². The van der Waals surface area contributed by atoms with E-state index in [-0.39, 0.29) is 18.0 Å². The predicted molar refractivity (Wildman–Crippen MR) is 162 cm³/mol. The summed E-state index contributed by atoms with van der Waals surface area (Å²) in [6.07, 6.45) is 2.10. The number of nitrogens with zero attached hydrogens (tertiary/aromatic N) is 3. The van der Waals surface area contributed by atoms with Gasteiger partial charge < -0.3 is 20.1 Å². The fourth-order valence-corrected chi connectivity index (χ4v) is 6.09. The maximum atomic E-state index is 13.0. The van der Waals surface area contributed by atoms with E-state index in [1.165, 1.54) is 11.1 Å². The van der Waals surface area contributed by atoms with E-state index in [4.69, 9.17) is 23.8 Å². The number of carbonyl (C=O) groups is 1. The fourth-order valence-electron chi connectivity index (χ4n) is 5.57. The van der Waals surface area contributed by atoms with Gasteiger partial charge in [0.15, 0.2) is 5.11 Å². The Morgan fingerprint density at radius 3 is 2.54 bits per heavy atom. The summed E-state index contributed by atoms with van der Waals surface area (Å²) in [6.45, 7) is 8.89. The van der Waals surface area contributed by atoms with Crippen LogP contribution in [0.3, 0.4) is 0 Å². The minimum Gasteiger partial charge on any atom is -0.352 e. The molecule has 3 heterocycles. The van der Waals surface area contributed by atoms with Crippen molar-refractivity contribution in [2.45, 2.75) is 46.2 Å². The van der Waals surface area contributed by atoms with Crippen LogP contribution in [0.2, 0.25) is 5.02 Å². The first-order valence-corrected chi connectivity index (χ1v) is 13.8. The number of pyridine rings is 1. The Morgan fingerprint density at radius 2 is 1.82 bits per heavy atom. The van der Waals surface area contributed by atoms with Crippen molar-refractivity contribution in [3.05, 3.63) is 112 Å². The average molecular weight is 558 g/mol. The van der Waals surface area contributed by atoms with E-state index >= 15 is 0 Å². The monoisotopic (exact) mass is 557 g/mol. The van der Waals surface area contributed by atoms with Crippen molar-refractivity contribution in [1.29, 1.82) is 0 Å². The van der Waals surface area contributed by atoms with E-state index in [2.05, 4.69) is 51.9 Å². The molecule has 0 radical (unpaired) electrons. The van der Waals surface area contributed by atoms with Gasteiger partial charge in [-0.2, -0.15) is 0 Å². The Bertz CT molecular complexity index is 1530. The number of halogens is 1. The van der Waals surface area contributed by atoms with Gasteiger partial charge in [0, 0.05) is 52.5 Å². The van der Waals surface area contributed by atoms with E-state index in [9.17, 15) is 4.79 Å². The molecule has 2 atom stereocenters. The second-order valence-corrected chi connectivity index (χ2v) is 10.8. The summed E-state index contributed by atoms with van der Waals surface area (Å²) in [4.78, 5) is 19.8. The molecule has 0 bridgehead atoms. The van der Waals surface area contributed by atoms with Gasteiger partial charge in [-0.3, -0.25) is 9.78 Å². The van der Waals surface area contributed by atoms with Gasteiger partial charge in [0.2, 0.25) is 5.91 Å². The summed E-state index contributed by atoms with van der Waals surface area (Å²) in [5.74, 6) is -0.0513. The second-order valence-electron chi connectivity index (χ2n) is 10.0. The smallest absolute Gasteiger partial charge is 0.226 e. The fraction of sp³-hybridized carbons (Fsp3) is 0.258. The zero-order chi connectivity index (χ0) is 27.7. The van der Waals surface area contributed by atoms with Crippen molar-refractivity contribution in [3.8, 4) is 5.69 Å². The zero-order valence-corrected chi connectivity index (χ0v) is 24.1. The lowest BCUT2D eigenvalue weighted by molar-refractivity contribution is -0.116. The molecular weight excluding hydrogens is 526 g/mol. The first-order valence-electron chi connectivity index (χ1n) is 13.0. The third-order valence-corrected chi connectivity index (χ3v) is 8.04. The number of carbonyl (C=O) groups excluding carboxylic acids is 1. The highest BCUT2D eigenvalue weighted by molar-refractivity contribution is 7.80. The zero-order valence-electron chi connectivity index (χ0n) is 22.5. The minimum absolute atomic E-state index is 0.0513. The summed E-state index contributed by atoms with van der Waals surface area (Å²) >= 11 is 12.2. The molecule has 6 nitrogen and oxygen atoms in total. The number of hydrogen-bond acceptors (Lipinski definition) is 3. The van der Waals surface area contributed by atoms with Crippen LogP contribution in [0.25, 0.3) is 5.69 Å². The highest BCUT2D eigenvalue weighted by Gasteiger charge is 2.42. The lowest BCUT2D eigenvalue weighted by Crippen LogP contribution is -2.33. The van der Waals surface area contributed by atoms with Gasteiger partial charge in [-0.1, -0.05) is 35.9 Å². The number of aromatic nitrogens is 2. The Balaban J connectivity index is 1.51. The lowest BCUT2D eigenvalue weighted by Gasteiger charge is -2.29. The maximum absolute atomic E-state index is 13.0. The molecule has 1 amide bonds. The molecule has 0 saturated carbocycles. The molecule has 1 saturated heterocycles. The van der Waals surface area contributed by atoms with Crippen LogP contribution in [0, 0.1) is 27.7 Å². The van der Waals surface area contributed by atoms with E-state index < -0.39 is 0 Å². The molecule has 1 aliphatic heterocycles. The summed E-state index contributed by atoms with van der Waals surface area (Å²) in [5, 5.41) is 7.85. The molecule has 200 valence electrons. The van der Waals surface area contributed by atoms with Crippen LogP contribution < -0.4 is 10.6 Å². The Morgan fingerprint density at radius 1 is 1.03 bits per heavy atom. The largest absolute Gasteiger partial charge is 0.352 e. The average Bonchev–Trinajstić information content (AvgIpc) is 3.34.